The summed E-state index contributed by atoms with van der Waals surface area (Å²) in [4.78, 5) is 10.6. The zero-order valence-electron chi connectivity index (χ0n) is 9.98. The predicted octanol–water partition coefficient (Wildman–Crippen LogP) is 1.85. The molecule has 0 fully saturated rings. The van der Waals surface area contributed by atoms with Gasteiger partial charge in [-0.05, 0) is 37.1 Å². The monoisotopic (exact) mass is 236 g/mol. The molecule has 0 spiro atoms. The number of anilines is 1. The molecule has 0 radical (unpaired) electrons. The lowest BCUT2D eigenvalue weighted by Crippen LogP contribution is -2.05. The largest absolute Gasteiger partial charge is 0.481 e. The van der Waals surface area contributed by atoms with Gasteiger partial charge in [0.1, 0.15) is 0 Å². The average Bonchev–Trinajstić information content (AvgIpc) is 2.28. The number of nitrogens with one attached hydrogen (secondary N) is 1. The number of carboxylic acids is 1. The van der Waals surface area contributed by atoms with Crippen LogP contribution in [0.4, 0.5) is 5.69 Å². The highest BCUT2D eigenvalue weighted by molar-refractivity contribution is 5.70. The number of nitrogens with two attached hydrogens (primary N) is 1. The first-order valence-corrected chi connectivity index (χ1v) is 5.97. The van der Waals surface area contributed by atoms with Gasteiger partial charge >= 0.3 is 5.97 Å². The van der Waals surface area contributed by atoms with Crippen molar-refractivity contribution in [1.29, 1.82) is 0 Å². The third-order valence-corrected chi connectivity index (χ3v) is 2.49. The molecule has 1 aromatic rings. The van der Waals surface area contributed by atoms with Crippen LogP contribution >= 0.6 is 0 Å². The summed E-state index contributed by atoms with van der Waals surface area (Å²) in [5.74, 6) is -0.801. The summed E-state index contributed by atoms with van der Waals surface area (Å²) in [6.45, 7) is 1.64. The number of hydrogen-bond acceptors (Lipinski definition) is 3. The lowest BCUT2D eigenvalue weighted by atomic mass is 10.1. The summed E-state index contributed by atoms with van der Waals surface area (Å²) in [6.07, 6.45) is 3.34. The van der Waals surface area contributed by atoms with Crippen molar-refractivity contribution in [2.45, 2.75) is 25.7 Å². The maximum Gasteiger partial charge on any atom is 0.307 e. The van der Waals surface area contributed by atoms with Crippen LogP contribution in [0.5, 0.6) is 0 Å². The van der Waals surface area contributed by atoms with E-state index in [2.05, 4.69) is 5.32 Å². The second-order valence-corrected chi connectivity index (χ2v) is 4.05. The van der Waals surface area contributed by atoms with Gasteiger partial charge in [0.05, 0.1) is 6.42 Å². The molecule has 0 aliphatic rings. The minimum Gasteiger partial charge on any atom is -0.481 e. The van der Waals surface area contributed by atoms with Crippen molar-refractivity contribution in [3.05, 3.63) is 29.8 Å². The van der Waals surface area contributed by atoms with Crippen molar-refractivity contribution in [1.82, 2.24) is 0 Å². The average molecular weight is 236 g/mol. The number of benzene rings is 1. The molecule has 0 aliphatic carbocycles. The fraction of sp³-hybridized carbons (Fsp3) is 0.462. The van der Waals surface area contributed by atoms with Crippen LogP contribution in [-0.2, 0) is 11.2 Å². The van der Waals surface area contributed by atoms with E-state index in [0.29, 0.717) is 0 Å². The minimum absolute atomic E-state index is 0.0721. The van der Waals surface area contributed by atoms with Gasteiger partial charge in [0.15, 0.2) is 0 Å². The molecule has 4 heteroatoms. The normalized spacial score (nSPS) is 10.2. The number of carboxylic acid groups (broad SMARTS) is 1. The quantitative estimate of drug-likeness (QED) is 0.602. The molecule has 0 aromatic heterocycles. The second-order valence-electron chi connectivity index (χ2n) is 4.05. The molecular formula is C13H20N2O2. The van der Waals surface area contributed by atoms with Crippen LogP contribution in [0.3, 0.4) is 0 Å². The number of carbonyl (C=O) groups is 1. The Bertz CT molecular complexity index is 353. The number of aliphatic carboxylic acids is 1. The van der Waals surface area contributed by atoms with Crippen molar-refractivity contribution in [2.24, 2.45) is 5.73 Å². The second kappa shape index (κ2) is 7.68. The molecule has 0 unspecified atom stereocenters. The summed E-state index contributed by atoms with van der Waals surface area (Å²) in [5, 5.41) is 12.0. The van der Waals surface area contributed by atoms with E-state index >= 15 is 0 Å². The Kier molecular flexibility index (Phi) is 6.10. The van der Waals surface area contributed by atoms with E-state index < -0.39 is 5.97 Å². The predicted molar refractivity (Wildman–Crippen MR) is 69.2 cm³/mol. The maximum atomic E-state index is 10.6. The Morgan fingerprint density at radius 2 is 2.12 bits per heavy atom. The van der Waals surface area contributed by atoms with Gasteiger partial charge in [-0.15, -0.1) is 0 Å². The van der Waals surface area contributed by atoms with Crippen molar-refractivity contribution in [3.63, 3.8) is 0 Å². The first kappa shape index (κ1) is 13.5. The van der Waals surface area contributed by atoms with Gasteiger partial charge in [0, 0.05) is 12.2 Å². The molecule has 94 valence electrons. The van der Waals surface area contributed by atoms with Gasteiger partial charge in [-0.25, -0.2) is 0 Å². The van der Waals surface area contributed by atoms with Crippen molar-refractivity contribution >= 4 is 11.7 Å². The molecule has 0 heterocycles. The maximum absolute atomic E-state index is 10.6. The smallest absolute Gasteiger partial charge is 0.307 e. The van der Waals surface area contributed by atoms with Gasteiger partial charge in [0.2, 0.25) is 0 Å². The molecule has 0 saturated heterocycles. The lowest BCUT2D eigenvalue weighted by molar-refractivity contribution is -0.136. The molecule has 4 nitrogen and oxygen atoms in total. The molecule has 0 atom stereocenters. The fourth-order valence-corrected chi connectivity index (χ4v) is 1.64. The zero-order chi connectivity index (χ0) is 12.5. The highest BCUT2D eigenvalue weighted by Crippen LogP contribution is 2.11. The third-order valence-electron chi connectivity index (χ3n) is 2.49. The molecule has 4 N–H and O–H groups in total. The minimum atomic E-state index is -0.801. The Labute approximate surface area is 102 Å². The molecule has 0 bridgehead atoms. The molecule has 1 aromatic carbocycles. The van der Waals surface area contributed by atoms with Crippen molar-refractivity contribution in [2.75, 3.05) is 18.4 Å². The highest BCUT2D eigenvalue weighted by atomic mass is 16.4. The first-order valence-electron chi connectivity index (χ1n) is 5.97. The van der Waals surface area contributed by atoms with E-state index in [1.165, 1.54) is 0 Å². The SMILES string of the molecule is NCCCCCNc1cccc(CC(=O)O)c1. The summed E-state index contributed by atoms with van der Waals surface area (Å²) in [5.41, 5.74) is 7.22. The van der Waals surface area contributed by atoms with Gasteiger partial charge in [-0.3, -0.25) is 4.79 Å². The molecular weight excluding hydrogens is 216 g/mol. The first-order chi connectivity index (χ1) is 8.22. The van der Waals surface area contributed by atoms with Gasteiger partial charge in [-0.1, -0.05) is 18.6 Å². The standard InChI is InChI=1S/C13H20N2O2/c14-7-2-1-3-8-15-12-6-4-5-11(9-12)10-13(16)17/h4-6,9,15H,1-3,7-8,10,14H2,(H,16,17). The van der Waals surface area contributed by atoms with Gasteiger partial charge in [-0.2, -0.15) is 0 Å². The van der Waals surface area contributed by atoms with Crippen LogP contribution in [-0.4, -0.2) is 24.2 Å². The number of unbranched alkanes of at least 4 members (excludes halogenated alkanes) is 2. The number of rotatable bonds is 8. The van der Waals surface area contributed by atoms with Gasteiger partial charge in [0.25, 0.3) is 0 Å². The van der Waals surface area contributed by atoms with Crippen LogP contribution in [0.25, 0.3) is 0 Å². The van der Waals surface area contributed by atoms with E-state index in [-0.39, 0.29) is 6.42 Å². The Morgan fingerprint density at radius 3 is 2.82 bits per heavy atom. The Morgan fingerprint density at radius 1 is 1.29 bits per heavy atom. The zero-order valence-corrected chi connectivity index (χ0v) is 9.98. The van der Waals surface area contributed by atoms with Crippen LogP contribution in [0.2, 0.25) is 0 Å². The Hall–Kier alpha value is -1.55. The topological polar surface area (TPSA) is 75.3 Å². The molecule has 1 rings (SSSR count). The molecule has 0 saturated carbocycles. The Balaban J connectivity index is 2.35. The van der Waals surface area contributed by atoms with Gasteiger partial charge < -0.3 is 16.2 Å². The molecule has 0 aliphatic heterocycles. The van der Waals surface area contributed by atoms with Crippen LogP contribution in [0, 0.1) is 0 Å². The molecule has 17 heavy (non-hydrogen) atoms. The lowest BCUT2D eigenvalue weighted by Gasteiger charge is -2.07. The van der Waals surface area contributed by atoms with E-state index in [9.17, 15) is 4.79 Å². The summed E-state index contributed by atoms with van der Waals surface area (Å²) >= 11 is 0. The van der Waals surface area contributed by atoms with Crippen LogP contribution in [0.15, 0.2) is 24.3 Å². The summed E-state index contributed by atoms with van der Waals surface area (Å²) in [6, 6.07) is 7.54. The highest BCUT2D eigenvalue weighted by Gasteiger charge is 2.00. The van der Waals surface area contributed by atoms with E-state index in [4.69, 9.17) is 10.8 Å². The van der Waals surface area contributed by atoms with E-state index in [0.717, 1.165) is 43.6 Å². The van der Waals surface area contributed by atoms with E-state index in [1.807, 2.05) is 24.3 Å². The summed E-state index contributed by atoms with van der Waals surface area (Å²) in [7, 11) is 0. The molecule has 0 amide bonds. The third kappa shape index (κ3) is 5.92. The van der Waals surface area contributed by atoms with Crippen LogP contribution in [0.1, 0.15) is 24.8 Å². The van der Waals surface area contributed by atoms with Crippen molar-refractivity contribution < 1.29 is 9.90 Å². The van der Waals surface area contributed by atoms with Crippen molar-refractivity contribution in [3.8, 4) is 0 Å². The van der Waals surface area contributed by atoms with Crippen LogP contribution < -0.4 is 11.1 Å². The van der Waals surface area contributed by atoms with E-state index in [1.54, 1.807) is 0 Å². The fourth-order valence-electron chi connectivity index (χ4n) is 1.64. The number of hydrogen-bond donors (Lipinski definition) is 3. The summed E-state index contributed by atoms with van der Waals surface area (Å²) < 4.78 is 0.